The molecule has 1 atom stereocenters. The van der Waals surface area contributed by atoms with Gasteiger partial charge in [0.2, 0.25) is 0 Å². The van der Waals surface area contributed by atoms with Crippen molar-refractivity contribution >= 4 is 40.7 Å². The topological polar surface area (TPSA) is 46.2 Å². The maximum Gasteiger partial charge on any atom is 0.0903 e. The van der Waals surface area contributed by atoms with Crippen molar-refractivity contribution in [2.75, 3.05) is 11.5 Å². The number of halogens is 2. The summed E-state index contributed by atoms with van der Waals surface area (Å²) in [6, 6.07) is 12.6. The molecule has 0 amide bonds. The highest BCUT2D eigenvalue weighted by Gasteiger charge is 2.12. The molecule has 19 heavy (non-hydrogen) atoms. The molecule has 0 fully saturated rings. The van der Waals surface area contributed by atoms with E-state index in [-0.39, 0.29) is 0 Å². The molecule has 3 N–H and O–H groups in total. The highest BCUT2D eigenvalue weighted by atomic mass is 35.5. The lowest BCUT2D eigenvalue weighted by Gasteiger charge is -2.13. The van der Waals surface area contributed by atoms with Crippen molar-refractivity contribution in [2.45, 2.75) is 11.0 Å². The number of aliphatic hydroxyl groups excluding tert-OH is 1. The molecule has 2 nitrogen and oxygen atoms in total. The summed E-state index contributed by atoms with van der Waals surface area (Å²) in [5.41, 5.74) is 7.15. The zero-order chi connectivity index (χ0) is 13.8. The molecule has 2 rings (SSSR count). The van der Waals surface area contributed by atoms with Gasteiger partial charge in [0.25, 0.3) is 0 Å². The quantitative estimate of drug-likeness (QED) is 0.649. The molecular weight excluding hydrogens is 301 g/mol. The van der Waals surface area contributed by atoms with Gasteiger partial charge in [0.1, 0.15) is 0 Å². The largest absolute Gasteiger partial charge is 0.398 e. The van der Waals surface area contributed by atoms with E-state index in [0.29, 0.717) is 21.5 Å². The van der Waals surface area contributed by atoms with Crippen molar-refractivity contribution in [3.63, 3.8) is 0 Å². The minimum absolute atomic E-state index is 0.467. The van der Waals surface area contributed by atoms with Crippen LogP contribution in [0.4, 0.5) is 5.69 Å². The van der Waals surface area contributed by atoms with Crippen LogP contribution in [-0.2, 0) is 0 Å². The van der Waals surface area contributed by atoms with Gasteiger partial charge in [0.05, 0.1) is 11.1 Å². The van der Waals surface area contributed by atoms with E-state index in [1.807, 2.05) is 18.2 Å². The predicted molar refractivity (Wildman–Crippen MR) is 83.0 cm³/mol. The van der Waals surface area contributed by atoms with Gasteiger partial charge < -0.3 is 10.8 Å². The van der Waals surface area contributed by atoms with E-state index >= 15 is 0 Å². The minimum atomic E-state index is -0.638. The van der Waals surface area contributed by atoms with E-state index in [9.17, 15) is 5.11 Å². The van der Waals surface area contributed by atoms with Gasteiger partial charge in [-0.2, -0.15) is 0 Å². The Hall–Kier alpha value is -0.870. The molecule has 0 spiro atoms. The van der Waals surface area contributed by atoms with Crippen molar-refractivity contribution in [2.24, 2.45) is 0 Å². The van der Waals surface area contributed by atoms with Crippen LogP contribution in [0.2, 0.25) is 10.0 Å². The lowest BCUT2D eigenvalue weighted by molar-refractivity contribution is 0.205. The fourth-order valence-electron chi connectivity index (χ4n) is 1.66. The summed E-state index contributed by atoms with van der Waals surface area (Å²) >= 11 is 13.4. The summed E-state index contributed by atoms with van der Waals surface area (Å²) in [6.45, 7) is 0. The smallest absolute Gasteiger partial charge is 0.0903 e. The van der Waals surface area contributed by atoms with Crippen LogP contribution < -0.4 is 5.73 Å². The summed E-state index contributed by atoms with van der Waals surface area (Å²) in [7, 11) is 0. The van der Waals surface area contributed by atoms with Gasteiger partial charge in [-0.15, -0.1) is 11.8 Å². The van der Waals surface area contributed by atoms with Gasteiger partial charge in [-0.25, -0.2) is 0 Å². The molecule has 0 aliphatic rings. The van der Waals surface area contributed by atoms with Gasteiger partial charge >= 0.3 is 0 Å². The Labute approximate surface area is 126 Å². The summed E-state index contributed by atoms with van der Waals surface area (Å²) < 4.78 is 0. The van der Waals surface area contributed by atoms with Crippen molar-refractivity contribution in [1.29, 1.82) is 0 Å². The molecule has 1 unspecified atom stereocenters. The highest BCUT2D eigenvalue weighted by molar-refractivity contribution is 7.99. The van der Waals surface area contributed by atoms with E-state index in [1.165, 1.54) is 11.8 Å². The summed E-state index contributed by atoms with van der Waals surface area (Å²) in [5.74, 6) is 0.467. The average Bonchev–Trinajstić information content (AvgIpc) is 2.40. The molecule has 0 heterocycles. The third-order valence-electron chi connectivity index (χ3n) is 2.64. The Kier molecular flexibility index (Phi) is 4.99. The number of para-hydroxylation sites is 1. The van der Waals surface area contributed by atoms with Crippen LogP contribution in [-0.4, -0.2) is 10.9 Å². The number of hydrogen-bond acceptors (Lipinski definition) is 3. The Morgan fingerprint density at radius 3 is 2.63 bits per heavy atom. The molecule has 100 valence electrons. The van der Waals surface area contributed by atoms with Crippen LogP contribution in [0.1, 0.15) is 11.7 Å². The van der Waals surface area contributed by atoms with E-state index in [1.54, 1.807) is 24.3 Å². The van der Waals surface area contributed by atoms with Crippen molar-refractivity contribution in [1.82, 2.24) is 0 Å². The fraction of sp³-hybridized carbons (Fsp3) is 0.143. The molecule has 2 aromatic rings. The minimum Gasteiger partial charge on any atom is -0.398 e. The number of benzene rings is 2. The fourth-order valence-corrected chi connectivity index (χ4v) is 3.11. The number of anilines is 1. The molecule has 0 aliphatic carbocycles. The average molecular weight is 314 g/mol. The summed E-state index contributed by atoms with van der Waals surface area (Å²) in [4.78, 5) is 0.850. The summed E-state index contributed by atoms with van der Waals surface area (Å²) in [6.07, 6.45) is -0.638. The lowest BCUT2D eigenvalue weighted by atomic mass is 10.1. The molecule has 0 radical (unpaired) electrons. The van der Waals surface area contributed by atoms with Crippen molar-refractivity contribution in [3.05, 3.63) is 58.1 Å². The Morgan fingerprint density at radius 2 is 1.89 bits per heavy atom. The Morgan fingerprint density at radius 1 is 1.16 bits per heavy atom. The van der Waals surface area contributed by atoms with E-state index in [4.69, 9.17) is 28.9 Å². The van der Waals surface area contributed by atoms with Crippen LogP contribution >= 0.6 is 35.0 Å². The normalized spacial score (nSPS) is 12.4. The molecule has 0 bridgehead atoms. The van der Waals surface area contributed by atoms with Crippen LogP contribution in [0.15, 0.2) is 47.4 Å². The first-order valence-electron chi connectivity index (χ1n) is 5.68. The van der Waals surface area contributed by atoms with Crippen LogP contribution in [0.3, 0.4) is 0 Å². The molecule has 0 aromatic heterocycles. The number of thioether (sulfide) groups is 1. The monoisotopic (exact) mass is 313 g/mol. The zero-order valence-corrected chi connectivity index (χ0v) is 12.3. The van der Waals surface area contributed by atoms with Gasteiger partial charge in [0, 0.05) is 26.9 Å². The molecule has 0 saturated heterocycles. The van der Waals surface area contributed by atoms with Gasteiger partial charge in [-0.05, 0) is 24.3 Å². The van der Waals surface area contributed by atoms with Crippen molar-refractivity contribution < 1.29 is 5.11 Å². The second kappa shape index (κ2) is 6.53. The van der Waals surface area contributed by atoms with E-state index < -0.39 is 6.10 Å². The second-order valence-corrected chi connectivity index (χ2v) is 5.94. The first kappa shape index (κ1) is 14.5. The maximum atomic E-state index is 10.1. The standard InChI is InChI=1S/C14H13Cl2NOS/c15-9-5-6-11(16)14(7-9)19-8-13(18)10-3-1-2-4-12(10)17/h1-7,13,18H,8,17H2. The number of aliphatic hydroxyl groups is 1. The third kappa shape index (κ3) is 3.80. The van der Waals surface area contributed by atoms with E-state index in [2.05, 4.69) is 0 Å². The second-order valence-electron chi connectivity index (χ2n) is 4.03. The van der Waals surface area contributed by atoms with E-state index in [0.717, 1.165) is 10.5 Å². The number of nitrogens with two attached hydrogens (primary N) is 1. The first-order chi connectivity index (χ1) is 9.08. The van der Waals surface area contributed by atoms with Crippen LogP contribution in [0, 0.1) is 0 Å². The molecule has 0 aliphatic heterocycles. The molecule has 5 heteroatoms. The SMILES string of the molecule is Nc1ccccc1C(O)CSc1cc(Cl)ccc1Cl. The van der Waals surface area contributed by atoms with Gasteiger partial charge in [-0.1, -0.05) is 41.4 Å². The zero-order valence-electron chi connectivity index (χ0n) is 10.0. The molecule has 2 aromatic carbocycles. The summed E-state index contributed by atoms with van der Waals surface area (Å²) in [5, 5.41) is 11.4. The highest BCUT2D eigenvalue weighted by Crippen LogP contribution is 2.33. The van der Waals surface area contributed by atoms with Crippen molar-refractivity contribution in [3.8, 4) is 0 Å². The Bertz CT molecular complexity index is 577. The number of nitrogen functional groups attached to an aromatic ring is 1. The van der Waals surface area contributed by atoms with Crippen LogP contribution in [0.5, 0.6) is 0 Å². The van der Waals surface area contributed by atoms with Crippen LogP contribution in [0.25, 0.3) is 0 Å². The predicted octanol–water partition coefficient (Wildman–Crippen LogP) is 4.40. The molecular formula is C14H13Cl2NOS. The number of hydrogen-bond donors (Lipinski definition) is 2. The maximum absolute atomic E-state index is 10.1. The first-order valence-corrected chi connectivity index (χ1v) is 7.42. The molecule has 0 saturated carbocycles. The third-order valence-corrected chi connectivity index (χ3v) is 4.45. The van der Waals surface area contributed by atoms with Gasteiger partial charge in [-0.3, -0.25) is 0 Å². The number of rotatable bonds is 4. The lowest BCUT2D eigenvalue weighted by Crippen LogP contribution is -2.04. The Balaban J connectivity index is 2.06. The van der Waals surface area contributed by atoms with Gasteiger partial charge in [0.15, 0.2) is 0 Å².